The molecule has 2 N–H and O–H groups in total. The van der Waals surface area contributed by atoms with Gasteiger partial charge in [-0.1, -0.05) is 6.07 Å². The van der Waals surface area contributed by atoms with Gasteiger partial charge >= 0.3 is 0 Å². The number of thiophene rings is 1. The predicted molar refractivity (Wildman–Crippen MR) is 96.1 cm³/mol. The van der Waals surface area contributed by atoms with Crippen molar-refractivity contribution in [3.8, 4) is 0 Å². The number of nitrogens with one attached hydrogen (secondary N) is 2. The van der Waals surface area contributed by atoms with E-state index in [4.69, 9.17) is 0 Å². The average molecular weight is 347 g/mol. The van der Waals surface area contributed by atoms with Crippen LogP contribution in [-0.4, -0.2) is 54.3 Å². The monoisotopic (exact) mass is 347 g/mol. The molecule has 1 saturated heterocycles. The maximum Gasteiger partial charge on any atom is 0.225 e. The molecule has 6 nitrogen and oxygen atoms in total. The number of aromatic nitrogens is 2. The van der Waals surface area contributed by atoms with Crippen molar-refractivity contribution >= 4 is 17.2 Å². The lowest BCUT2D eigenvalue weighted by Crippen LogP contribution is -2.39. The number of rotatable bonds is 6. The second-order valence-corrected chi connectivity index (χ2v) is 7.54. The molecule has 0 saturated carbocycles. The Morgan fingerprint density at radius 1 is 1.54 bits per heavy atom. The highest BCUT2D eigenvalue weighted by atomic mass is 32.1. The first-order valence-electron chi connectivity index (χ1n) is 8.23. The van der Waals surface area contributed by atoms with Crippen molar-refractivity contribution < 1.29 is 4.79 Å². The van der Waals surface area contributed by atoms with Crippen LogP contribution in [0.3, 0.4) is 0 Å². The first-order valence-corrected chi connectivity index (χ1v) is 9.11. The van der Waals surface area contributed by atoms with Gasteiger partial charge < -0.3 is 15.5 Å². The Bertz CT molecular complexity index is 666. The van der Waals surface area contributed by atoms with Crippen LogP contribution in [0.15, 0.2) is 29.9 Å². The molecule has 3 rings (SSSR count). The van der Waals surface area contributed by atoms with Crippen LogP contribution in [0, 0.1) is 5.92 Å². The van der Waals surface area contributed by atoms with Crippen LogP contribution in [0.2, 0.25) is 0 Å². The van der Waals surface area contributed by atoms with Crippen LogP contribution in [0.4, 0.5) is 0 Å². The highest BCUT2D eigenvalue weighted by Gasteiger charge is 2.34. The Kier molecular flexibility index (Phi) is 5.33. The van der Waals surface area contributed by atoms with Crippen LogP contribution in [0.5, 0.6) is 0 Å². The zero-order valence-electron chi connectivity index (χ0n) is 14.4. The van der Waals surface area contributed by atoms with E-state index in [-0.39, 0.29) is 23.8 Å². The largest absolute Gasteiger partial charge is 0.354 e. The Hall–Kier alpha value is -1.70. The van der Waals surface area contributed by atoms with Gasteiger partial charge in [-0.05, 0) is 31.1 Å². The van der Waals surface area contributed by atoms with Crippen molar-refractivity contribution in [2.45, 2.75) is 12.0 Å². The summed E-state index contributed by atoms with van der Waals surface area (Å²) in [6.45, 7) is 2.17. The summed E-state index contributed by atoms with van der Waals surface area (Å²) in [6.07, 6.45) is 3.87. The summed E-state index contributed by atoms with van der Waals surface area (Å²) in [5.41, 5.74) is 1.13. The van der Waals surface area contributed by atoms with E-state index in [0.717, 1.165) is 18.7 Å². The average Bonchev–Trinajstić information content (AvgIpc) is 3.27. The Balaban J connectivity index is 1.63. The lowest BCUT2D eigenvalue weighted by molar-refractivity contribution is -0.125. The highest BCUT2D eigenvalue weighted by molar-refractivity contribution is 7.10. The van der Waals surface area contributed by atoms with Crippen molar-refractivity contribution in [1.82, 2.24) is 25.3 Å². The van der Waals surface area contributed by atoms with E-state index in [1.165, 1.54) is 4.88 Å². The van der Waals surface area contributed by atoms with Crippen LogP contribution in [0.1, 0.15) is 22.4 Å². The van der Waals surface area contributed by atoms with E-state index in [1.807, 2.05) is 33.5 Å². The molecule has 2 aromatic heterocycles. The molecule has 0 aromatic carbocycles. The van der Waals surface area contributed by atoms with E-state index in [9.17, 15) is 4.79 Å². The molecular weight excluding hydrogens is 322 g/mol. The predicted octanol–water partition coefficient (Wildman–Crippen LogP) is 1.20. The number of likely N-dealkylation sites (N-methyl/N-ethyl adjacent to an activating group) is 1. The Morgan fingerprint density at radius 3 is 3.00 bits per heavy atom. The summed E-state index contributed by atoms with van der Waals surface area (Å²) in [5.74, 6) is 0.274. The minimum Gasteiger partial charge on any atom is -0.354 e. The van der Waals surface area contributed by atoms with E-state index in [0.29, 0.717) is 6.54 Å². The molecule has 2 aromatic rings. The first-order chi connectivity index (χ1) is 11.6. The molecule has 0 bridgehead atoms. The zero-order valence-corrected chi connectivity index (χ0v) is 15.2. The molecule has 130 valence electrons. The topological polar surface area (TPSA) is 62.2 Å². The smallest absolute Gasteiger partial charge is 0.225 e. The highest BCUT2D eigenvalue weighted by Crippen LogP contribution is 2.28. The molecular formula is C17H25N5OS. The van der Waals surface area contributed by atoms with Gasteiger partial charge in [0.2, 0.25) is 5.91 Å². The van der Waals surface area contributed by atoms with Gasteiger partial charge in [0.25, 0.3) is 0 Å². The van der Waals surface area contributed by atoms with Gasteiger partial charge in [0, 0.05) is 43.7 Å². The Labute approximate surface area is 146 Å². The minimum atomic E-state index is -0.0413. The molecule has 0 spiro atoms. The fraction of sp³-hybridized carbons (Fsp3) is 0.529. The van der Waals surface area contributed by atoms with Gasteiger partial charge in [0.05, 0.1) is 18.2 Å². The maximum absolute atomic E-state index is 12.7. The standard InChI is InChI=1S/C17H25N5OS/c1-21(2)15(16-5-4-6-24-16)10-19-17(23)14-9-18-8-13(14)12-7-20-22(3)11-12/h4-7,11,13-15,18H,8-10H2,1-3H3,(H,19,23)/t13-,14+,15?/m1/s1. The van der Waals surface area contributed by atoms with Crippen LogP contribution < -0.4 is 10.6 Å². The third kappa shape index (κ3) is 3.68. The molecule has 1 aliphatic rings. The van der Waals surface area contributed by atoms with Gasteiger partial charge in [-0.3, -0.25) is 9.48 Å². The second kappa shape index (κ2) is 7.46. The Morgan fingerprint density at radius 2 is 2.38 bits per heavy atom. The molecule has 1 fully saturated rings. The molecule has 3 atom stereocenters. The quantitative estimate of drug-likeness (QED) is 0.824. The summed E-state index contributed by atoms with van der Waals surface area (Å²) in [5, 5.41) is 12.8. The number of nitrogens with zero attached hydrogens (tertiary/aromatic N) is 3. The lowest BCUT2D eigenvalue weighted by atomic mass is 9.90. The number of amides is 1. The third-order valence-corrected chi connectivity index (χ3v) is 5.64. The lowest BCUT2D eigenvalue weighted by Gasteiger charge is -2.25. The number of aryl methyl sites for hydroxylation is 1. The SMILES string of the molecule is CN(C)C(CNC(=O)[C@H]1CNC[C@@H]1c1cnn(C)c1)c1cccs1. The molecule has 1 unspecified atom stereocenters. The molecule has 1 amide bonds. The van der Waals surface area contributed by atoms with Gasteiger partial charge in [0.15, 0.2) is 0 Å². The molecule has 24 heavy (non-hydrogen) atoms. The van der Waals surface area contributed by atoms with Gasteiger partial charge in [-0.25, -0.2) is 0 Å². The summed E-state index contributed by atoms with van der Waals surface area (Å²) in [4.78, 5) is 16.2. The molecule has 0 aliphatic carbocycles. The number of hydrogen-bond donors (Lipinski definition) is 2. The number of carbonyl (C=O) groups excluding carboxylic acids is 1. The van der Waals surface area contributed by atoms with Gasteiger partial charge in [-0.15, -0.1) is 11.3 Å². The van der Waals surface area contributed by atoms with Crippen molar-refractivity contribution in [2.24, 2.45) is 13.0 Å². The zero-order chi connectivity index (χ0) is 17.1. The van der Waals surface area contributed by atoms with Crippen molar-refractivity contribution in [1.29, 1.82) is 0 Å². The fourth-order valence-corrected chi connectivity index (χ4v) is 4.21. The third-order valence-electron chi connectivity index (χ3n) is 4.67. The maximum atomic E-state index is 12.7. The summed E-state index contributed by atoms with van der Waals surface area (Å²) in [7, 11) is 6.00. The summed E-state index contributed by atoms with van der Waals surface area (Å²) >= 11 is 1.73. The van der Waals surface area contributed by atoms with Crippen LogP contribution in [-0.2, 0) is 11.8 Å². The van der Waals surface area contributed by atoms with Crippen LogP contribution in [0.25, 0.3) is 0 Å². The second-order valence-electron chi connectivity index (χ2n) is 6.56. The van der Waals surface area contributed by atoms with Crippen molar-refractivity contribution in [3.63, 3.8) is 0 Å². The van der Waals surface area contributed by atoms with E-state index < -0.39 is 0 Å². The number of carbonyl (C=O) groups is 1. The molecule has 3 heterocycles. The van der Waals surface area contributed by atoms with E-state index in [1.54, 1.807) is 16.0 Å². The minimum absolute atomic E-state index is 0.0413. The molecule has 0 radical (unpaired) electrons. The normalized spacial score (nSPS) is 22.0. The summed E-state index contributed by atoms with van der Waals surface area (Å²) < 4.78 is 1.79. The van der Waals surface area contributed by atoms with E-state index in [2.05, 4.69) is 38.1 Å². The van der Waals surface area contributed by atoms with Crippen LogP contribution >= 0.6 is 11.3 Å². The first kappa shape index (κ1) is 17.1. The van der Waals surface area contributed by atoms with Gasteiger partial charge in [-0.2, -0.15) is 5.10 Å². The van der Waals surface area contributed by atoms with E-state index >= 15 is 0 Å². The number of hydrogen-bond acceptors (Lipinski definition) is 5. The summed E-state index contributed by atoms with van der Waals surface area (Å²) in [6, 6.07) is 4.38. The van der Waals surface area contributed by atoms with Crippen molar-refractivity contribution in [3.05, 3.63) is 40.3 Å². The van der Waals surface area contributed by atoms with Gasteiger partial charge in [0.1, 0.15) is 0 Å². The fourth-order valence-electron chi connectivity index (χ4n) is 3.28. The molecule has 7 heteroatoms. The molecule has 1 aliphatic heterocycles. The van der Waals surface area contributed by atoms with Crippen molar-refractivity contribution in [2.75, 3.05) is 33.7 Å².